The summed E-state index contributed by atoms with van der Waals surface area (Å²) >= 11 is 0. The number of unbranched alkanes of at least 4 members (excludes halogenated alkanes) is 1. The first kappa shape index (κ1) is 22.2. The lowest BCUT2D eigenvalue weighted by Crippen LogP contribution is -2.10. The van der Waals surface area contributed by atoms with E-state index < -0.39 is 5.91 Å². The van der Waals surface area contributed by atoms with E-state index in [0.29, 0.717) is 12.2 Å². The van der Waals surface area contributed by atoms with E-state index in [9.17, 15) is 9.59 Å². The Bertz CT molecular complexity index is 273. The summed E-state index contributed by atoms with van der Waals surface area (Å²) in [6.45, 7) is 13.9. The van der Waals surface area contributed by atoms with Crippen LogP contribution < -0.4 is 5.73 Å². The van der Waals surface area contributed by atoms with Crippen LogP contribution in [-0.2, 0) is 19.1 Å². The first-order valence-corrected chi connectivity index (χ1v) is 5.75. The molecule has 0 spiro atoms. The van der Waals surface area contributed by atoms with Crippen molar-refractivity contribution in [2.45, 2.75) is 26.7 Å². The molecule has 5 nitrogen and oxygen atoms in total. The van der Waals surface area contributed by atoms with Gasteiger partial charge in [0.25, 0.3) is 0 Å². The standard InChI is InChI=1S/C7H12O2.C4H7NO.C3H6O/c1-3-5-6-9-7(8)4-2;1-3(2)4(5)6;1-3-4-2/h4H,2-3,5-6H2,1H3;1H2,2H3,(H2,5,6);3H,1H2,2H3. The maximum atomic E-state index is 10.3. The molecule has 110 valence electrons. The molecule has 0 aromatic carbocycles. The fourth-order valence-electron chi connectivity index (χ4n) is 0.376. The Morgan fingerprint density at radius 2 is 1.74 bits per heavy atom. The quantitative estimate of drug-likeness (QED) is 0.348. The van der Waals surface area contributed by atoms with Crippen molar-refractivity contribution in [3.8, 4) is 0 Å². The first-order chi connectivity index (χ1) is 8.87. The smallest absolute Gasteiger partial charge is 0.330 e. The molecule has 0 heterocycles. The fraction of sp³-hybridized carbons (Fsp3) is 0.429. The van der Waals surface area contributed by atoms with Gasteiger partial charge in [-0.1, -0.05) is 33.1 Å². The number of hydrogen-bond donors (Lipinski definition) is 1. The van der Waals surface area contributed by atoms with Crippen LogP contribution in [0.25, 0.3) is 0 Å². The molecule has 0 saturated carbocycles. The number of carbonyl (C=O) groups is 2. The topological polar surface area (TPSA) is 78.6 Å². The monoisotopic (exact) mass is 271 g/mol. The van der Waals surface area contributed by atoms with Crippen LogP contribution in [-0.4, -0.2) is 25.6 Å². The molecule has 0 radical (unpaired) electrons. The zero-order valence-electron chi connectivity index (χ0n) is 12.1. The van der Waals surface area contributed by atoms with Crippen LogP contribution in [0.3, 0.4) is 0 Å². The molecular formula is C14H25NO4. The second kappa shape index (κ2) is 18.3. The molecule has 0 aromatic heterocycles. The number of hydrogen-bond acceptors (Lipinski definition) is 4. The largest absolute Gasteiger partial charge is 0.505 e. The maximum absolute atomic E-state index is 10.3. The van der Waals surface area contributed by atoms with Crippen molar-refractivity contribution in [1.82, 2.24) is 0 Å². The van der Waals surface area contributed by atoms with Crippen molar-refractivity contribution in [2.24, 2.45) is 5.73 Å². The number of methoxy groups -OCH3 is 1. The highest BCUT2D eigenvalue weighted by Gasteiger charge is 1.91. The molecule has 0 fully saturated rings. The highest BCUT2D eigenvalue weighted by molar-refractivity contribution is 5.90. The van der Waals surface area contributed by atoms with Gasteiger partial charge in [0.05, 0.1) is 20.0 Å². The van der Waals surface area contributed by atoms with Crippen molar-refractivity contribution < 1.29 is 19.1 Å². The van der Waals surface area contributed by atoms with Crippen molar-refractivity contribution in [1.29, 1.82) is 0 Å². The lowest BCUT2D eigenvalue weighted by molar-refractivity contribution is -0.137. The van der Waals surface area contributed by atoms with Crippen LogP contribution in [0, 0.1) is 0 Å². The van der Waals surface area contributed by atoms with Gasteiger partial charge in [-0.3, -0.25) is 4.79 Å². The number of rotatable bonds is 6. The van der Waals surface area contributed by atoms with Gasteiger partial charge < -0.3 is 15.2 Å². The van der Waals surface area contributed by atoms with E-state index in [1.54, 1.807) is 14.0 Å². The molecule has 0 atom stereocenters. The second-order valence-corrected chi connectivity index (χ2v) is 3.27. The molecule has 0 aromatic rings. The molecule has 0 bridgehead atoms. The van der Waals surface area contributed by atoms with Crippen molar-refractivity contribution in [3.05, 3.63) is 37.6 Å². The predicted octanol–water partition coefficient (Wildman–Crippen LogP) is 2.34. The maximum Gasteiger partial charge on any atom is 0.330 e. The summed E-state index contributed by atoms with van der Waals surface area (Å²) in [4.78, 5) is 20.2. The van der Waals surface area contributed by atoms with Crippen molar-refractivity contribution in [2.75, 3.05) is 13.7 Å². The summed E-state index contributed by atoms with van der Waals surface area (Å²) in [7, 11) is 1.56. The lowest BCUT2D eigenvalue weighted by atomic mass is 10.3. The summed E-state index contributed by atoms with van der Waals surface area (Å²) in [6, 6.07) is 0. The molecule has 0 aliphatic rings. The Labute approximate surface area is 115 Å². The van der Waals surface area contributed by atoms with E-state index in [0.717, 1.165) is 12.8 Å². The van der Waals surface area contributed by atoms with Crippen molar-refractivity contribution >= 4 is 11.9 Å². The number of amides is 1. The summed E-state index contributed by atoms with van der Waals surface area (Å²) in [6.07, 6.45) is 4.53. The third kappa shape index (κ3) is 31.4. The van der Waals surface area contributed by atoms with Gasteiger partial charge in [0, 0.05) is 11.6 Å². The molecular weight excluding hydrogens is 246 g/mol. The minimum atomic E-state index is -0.435. The van der Waals surface area contributed by atoms with Gasteiger partial charge in [-0.05, 0) is 13.3 Å². The molecule has 0 unspecified atom stereocenters. The number of ether oxygens (including phenoxy) is 2. The molecule has 0 rings (SSSR count). The third-order valence-electron chi connectivity index (χ3n) is 1.50. The number of esters is 1. The Balaban J connectivity index is -0.000000222. The van der Waals surface area contributed by atoms with Gasteiger partial charge in [-0.15, -0.1) is 0 Å². The summed E-state index contributed by atoms with van der Waals surface area (Å²) < 4.78 is 8.98. The lowest BCUT2D eigenvalue weighted by Gasteiger charge is -1.97. The van der Waals surface area contributed by atoms with Gasteiger partial charge >= 0.3 is 5.97 Å². The highest BCUT2D eigenvalue weighted by Crippen LogP contribution is 1.88. The molecule has 1 amide bonds. The molecule has 5 heteroatoms. The van der Waals surface area contributed by atoms with Gasteiger partial charge in [0.15, 0.2) is 0 Å². The molecule has 2 N–H and O–H groups in total. The minimum absolute atomic E-state index is 0.330. The Morgan fingerprint density at radius 1 is 1.32 bits per heavy atom. The Morgan fingerprint density at radius 3 is 1.95 bits per heavy atom. The Kier molecular flexibility index (Phi) is 21.4. The summed E-state index contributed by atoms with van der Waals surface area (Å²) in [5.41, 5.74) is 5.09. The van der Waals surface area contributed by atoms with E-state index in [4.69, 9.17) is 5.73 Å². The molecule has 0 saturated heterocycles. The van der Waals surface area contributed by atoms with Crippen LogP contribution >= 0.6 is 0 Å². The zero-order chi connectivity index (χ0) is 15.7. The van der Waals surface area contributed by atoms with Crippen LogP contribution in [0.4, 0.5) is 0 Å². The van der Waals surface area contributed by atoms with E-state index in [1.807, 2.05) is 6.92 Å². The van der Waals surface area contributed by atoms with Gasteiger partial charge in [-0.2, -0.15) is 0 Å². The third-order valence-corrected chi connectivity index (χ3v) is 1.50. The fourth-order valence-corrected chi connectivity index (χ4v) is 0.376. The number of nitrogens with two attached hydrogens (primary N) is 1. The van der Waals surface area contributed by atoms with Crippen LogP contribution in [0.2, 0.25) is 0 Å². The van der Waals surface area contributed by atoms with E-state index in [1.165, 1.54) is 12.3 Å². The van der Waals surface area contributed by atoms with Crippen LogP contribution in [0.5, 0.6) is 0 Å². The van der Waals surface area contributed by atoms with E-state index >= 15 is 0 Å². The number of carbonyl (C=O) groups excluding carboxylic acids is 2. The molecule has 19 heavy (non-hydrogen) atoms. The first-order valence-electron chi connectivity index (χ1n) is 5.75. The normalized spacial score (nSPS) is 7.53. The van der Waals surface area contributed by atoms with Crippen LogP contribution in [0.1, 0.15) is 26.7 Å². The minimum Gasteiger partial charge on any atom is -0.505 e. The average Bonchev–Trinajstić information content (AvgIpc) is 2.39. The number of primary amides is 1. The molecule has 0 aliphatic heterocycles. The van der Waals surface area contributed by atoms with Crippen molar-refractivity contribution in [3.63, 3.8) is 0 Å². The highest BCUT2D eigenvalue weighted by atomic mass is 16.5. The van der Waals surface area contributed by atoms with Crippen LogP contribution in [0.15, 0.2) is 37.6 Å². The average molecular weight is 271 g/mol. The van der Waals surface area contributed by atoms with Gasteiger partial charge in [0.2, 0.25) is 5.91 Å². The molecule has 0 aliphatic carbocycles. The summed E-state index contributed by atoms with van der Waals surface area (Å²) in [5.74, 6) is -0.765. The van der Waals surface area contributed by atoms with E-state index in [2.05, 4.69) is 29.2 Å². The summed E-state index contributed by atoms with van der Waals surface area (Å²) in [5, 5.41) is 0. The SMILES string of the molecule is C=C(C)C(N)=O.C=CC(=O)OCCCC.C=COC. The van der Waals surface area contributed by atoms with Gasteiger partial charge in [-0.25, -0.2) is 4.79 Å². The Hall–Kier alpha value is -2.04. The van der Waals surface area contributed by atoms with Gasteiger partial charge in [0.1, 0.15) is 0 Å². The predicted molar refractivity (Wildman–Crippen MR) is 77.3 cm³/mol. The van der Waals surface area contributed by atoms with E-state index in [-0.39, 0.29) is 5.97 Å². The second-order valence-electron chi connectivity index (χ2n) is 3.27. The zero-order valence-corrected chi connectivity index (χ0v) is 12.1.